The summed E-state index contributed by atoms with van der Waals surface area (Å²) in [6.45, 7) is 1.20. The van der Waals surface area contributed by atoms with Crippen LogP contribution in [0, 0.1) is 5.92 Å². The Morgan fingerprint density at radius 1 is 1.45 bits per heavy atom. The summed E-state index contributed by atoms with van der Waals surface area (Å²) in [5.74, 6) is 1.73. The summed E-state index contributed by atoms with van der Waals surface area (Å²) in [5, 5.41) is 10.3. The number of nitrogens with zero attached hydrogens (tertiary/aromatic N) is 2. The van der Waals surface area contributed by atoms with Crippen molar-refractivity contribution in [2.45, 2.75) is 18.0 Å². The van der Waals surface area contributed by atoms with E-state index in [9.17, 15) is 4.79 Å². The van der Waals surface area contributed by atoms with Crippen molar-refractivity contribution < 1.29 is 9.53 Å². The number of aromatic amines is 1. The molecule has 2 aromatic rings. The Kier molecular flexibility index (Phi) is 4.95. The van der Waals surface area contributed by atoms with Crippen molar-refractivity contribution in [1.82, 2.24) is 20.5 Å². The third kappa shape index (κ3) is 3.79. The zero-order valence-electron chi connectivity index (χ0n) is 12.1. The Morgan fingerprint density at radius 2 is 2.36 bits per heavy atom. The molecule has 2 N–H and O–H groups in total. The number of amides is 1. The number of carbonyl (C=O) groups is 1. The lowest BCUT2D eigenvalue weighted by molar-refractivity contribution is -0.125. The maximum atomic E-state index is 12.3. The van der Waals surface area contributed by atoms with Crippen LogP contribution in [0.2, 0.25) is 0 Å². The van der Waals surface area contributed by atoms with E-state index >= 15 is 0 Å². The van der Waals surface area contributed by atoms with Gasteiger partial charge in [-0.25, -0.2) is 4.98 Å². The van der Waals surface area contributed by atoms with Gasteiger partial charge in [0.1, 0.15) is 12.1 Å². The van der Waals surface area contributed by atoms with E-state index in [1.165, 1.54) is 18.1 Å². The first-order chi connectivity index (χ1) is 10.8. The number of nitrogens with one attached hydrogen (secondary N) is 2. The highest BCUT2D eigenvalue weighted by atomic mass is 32.2. The van der Waals surface area contributed by atoms with E-state index in [1.54, 1.807) is 0 Å². The number of H-pyrrole nitrogens is 1. The summed E-state index contributed by atoms with van der Waals surface area (Å²) in [6, 6.07) is 7.93. The van der Waals surface area contributed by atoms with Gasteiger partial charge in [0.05, 0.1) is 6.61 Å². The molecule has 6 nitrogen and oxygen atoms in total. The van der Waals surface area contributed by atoms with Gasteiger partial charge in [0.15, 0.2) is 5.16 Å². The van der Waals surface area contributed by atoms with Gasteiger partial charge >= 0.3 is 0 Å². The summed E-state index contributed by atoms with van der Waals surface area (Å²) in [7, 11) is 0. The molecule has 0 bridgehead atoms. The van der Waals surface area contributed by atoms with Crippen molar-refractivity contribution in [3.8, 4) is 5.75 Å². The molecule has 2 heterocycles. The number of thioether (sulfide) groups is 1. The van der Waals surface area contributed by atoms with Crippen molar-refractivity contribution in [2.24, 2.45) is 5.92 Å². The molecule has 0 spiro atoms. The van der Waals surface area contributed by atoms with Crippen molar-refractivity contribution in [1.29, 1.82) is 0 Å². The summed E-state index contributed by atoms with van der Waals surface area (Å²) < 4.78 is 5.70. The molecule has 0 saturated heterocycles. The fraction of sp³-hybridized carbons (Fsp3) is 0.400. The minimum absolute atomic E-state index is 0.0288. The molecule has 0 radical (unpaired) electrons. The van der Waals surface area contributed by atoms with Crippen LogP contribution in [0.25, 0.3) is 0 Å². The van der Waals surface area contributed by atoms with E-state index in [0.717, 1.165) is 35.1 Å². The molecule has 116 valence electrons. The smallest absolute Gasteiger partial charge is 0.223 e. The van der Waals surface area contributed by atoms with E-state index < -0.39 is 0 Å². The van der Waals surface area contributed by atoms with Crippen LogP contribution in [0.5, 0.6) is 5.75 Å². The van der Waals surface area contributed by atoms with Gasteiger partial charge in [-0.15, -0.1) is 0 Å². The topological polar surface area (TPSA) is 79.9 Å². The molecule has 1 unspecified atom stereocenters. The number of benzene rings is 1. The molecule has 0 saturated carbocycles. The Hall–Kier alpha value is -2.02. The first kappa shape index (κ1) is 14.9. The normalized spacial score (nSPS) is 17.2. The van der Waals surface area contributed by atoms with Crippen LogP contribution in [-0.4, -0.2) is 40.0 Å². The molecule has 22 heavy (non-hydrogen) atoms. The maximum Gasteiger partial charge on any atom is 0.223 e. The SMILES string of the molecule is O=C(NCCSc1ncn[nH]1)C1CCOc2ccccc2C1. The van der Waals surface area contributed by atoms with Crippen molar-refractivity contribution in [2.75, 3.05) is 18.9 Å². The first-order valence-electron chi connectivity index (χ1n) is 7.29. The highest BCUT2D eigenvalue weighted by Gasteiger charge is 2.23. The molecule has 3 rings (SSSR count). The van der Waals surface area contributed by atoms with Crippen LogP contribution in [0.4, 0.5) is 0 Å². The molecule has 1 amide bonds. The molecule has 1 aliphatic rings. The van der Waals surface area contributed by atoms with E-state index in [1.807, 2.05) is 24.3 Å². The quantitative estimate of drug-likeness (QED) is 0.647. The predicted molar refractivity (Wildman–Crippen MR) is 83.9 cm³/mol. The predicted octanol–water partition coefficient (Wildman–Crippen LogP) is 1.65. The molecule has 0 fully saturated rings. The van der Waals surface area contributed by atoms with Gasteiger partial charge in [-0.05, 0) is 24.5 Å². The third-order valence-electron chi connectivity index (χ3n) is 3.57. The number of rotatable bonds is 5. The second-order valence-electron chi connectivity index (χ2n) is 5.08. The lowest BCUT2D eigenvalue weighted by Gasteiger charge is -2.13. The number of hydrogen-bond acceptors (Lipinski definition) is 5. The van der Waals surface area contributed by atoms with E-state index in [0.29, 0.717) is 13.2 Å². The number of fused-ring (bicyclic) bond motifs is 1. The van der Waals surface area contributed by atoms with E-state index in [-0.39, 0.29) is 11.8 Å². The average Bonchev–Trinajstić information content (AvgIpc) is 2.95. The second kappa shape index (κ2) is 7.31. The monoisotopic (exact) mass is 318 g/mol. The Morgan fingerprint density at radius 3 is 3.23 bits per heavy atom. The maximum absolute atomic E-state index is 12.3. The molecule has 1 aromatic carbocycles. The highest BCUT2D eigenvalue weighted by Crippen LogP contribution is 2.26. The molecular weight excluding hydrogens is 300 g/mol. The first-order valence-corrected chi connectivity index (χ1v) is 8.28. The number of carbonyl (C=O) groups excluding carboxylic acids is 1. The fourth-order valence-corrected chi connectivity index (χ4v) is 3.08. The van der Waals surface area contributed by atoms with Crippen LogP contribution >= 0.6 is 11.8 Å². The van der Waals surface area contributed by atoms with Gasteiger partial charge < -0.3 is 10.1 Å². The molecule has 1 aliphatic heterocycles. The van der Waals surface area contributed by atoms with Gasteiger partial charge in [-0.1, -0.05) is 30.0 Å². The molecule has 7 heteroatoms. The van der Waals surface area contributed by atoms with Crippen LogP contribution in [-0.2, 0) is 11.2 Å². The summed E-state index contributed by atoms with van der Waals surface area (Å²) in [5.41, 5.74) is 1.11. The molecule has 0 aliphatic carbocycles. The molecule has 1 atom stereocenters. The van der Waals surface area contributed by atoms with Crippen LogP contribution in [0.15, 0.2) is 35.7 Å². The fourth-order valence-electron chi connectivity index (χ4n) is 2.45. The van der Waals surface area contributed by atoms with Gasteiger partial charge in [0.25, 0.3) is 0 Å². The second-order valence-corrected chi connectivity index (χ2v) is 6.16. The van der Waals surface area contributed by atoms with E-state index in [2.05, 4.69) is 20.5 Å². The summed E-state index contributed by atoms with van der Waals surface area (Å²) in [4.78, 5) is 16.3. The van der Waals surface area contributed by atoms with E-state index in [4.69, 9.17) is 4.74 Å². The van der Waals surface area contributed by atoms with Crippen LogP contribution in [0.3, 0.4) is 0 Å². The Bertz CT molecular complexity index is 618. The van der Waals surface area contributed by atoms with Gasteiger partial charge in [0.2, 0.25) is 5.91 Å². The third-order valence-corrected chi connectivity index (χ3v) is 4.44. The van der Waals surface area contributed by atoms with Crippen molar-refractivity contribution in [3.05, 3.63) is 36.2 Å². The molecular formula is C15H18N4O2S. The number of para-hydroxylation sites is 1. The minimum Gasteiger partial charge on any atom is -0.493 e. The lowest BCUT2D eigenvalue weighted by Crippen LogP contribution is -2.33. The Labute approximate surface area is 133 Å². The van der Waals surface area contributed by atoms with Gasteiger partial charge in [0, 0.05) is 18.2 Å². The lowest BCUT2D eigenvalue weighted by atomic mass is 9.96. The summed E-state index contributed by atoms with van der Waals surface area (Å²) in [6.07, 6.45) is 2.96. The van der Waals surface area contributed by atoms with Gasteiger partial charge in [-0.2, -0.15) is 5.10 Å². The highest BCUT2D eigenvalue weighted by molar-refractivity contribution is 7.99. The standard InChI is InChI=1S/C15H18N4O2S/c20-14(16-6-8-22-15-17-10-18-19-15)12-5-7-21-13-4-2-1-3-11(13)9-12/h1-4,10,12H,5-9H2,(H,16,20)(H,17,18,19). The number of ether oxygens (including phenoxy) is 1. The largest absolute Gasteiger partial charge is 0.493 e. The average molecular weight is 318 g/mol. The summed E-state index contributed by atoms with van der Waals surface area (Å²) >= 11 is 1.54. The number of hydrogen-bond donors (Lipinski definition) is 2. The molecule has 1 aromatic heterocycles. The zero-order chi connectivity index (χ0) is 15.2. The van der Waals surface area contributed by atoms with Gasteiger partial charge in [-0.3, -0.25) is 9.89 Å². The Balaban J connectivity index is 1.48. The van der Waals surface area contributed by atoms with Crippen LogP contribution < -0.4 is 10.1 Å². The van der Waals surface area contributed by atoms with Crippen molar-refractivity contribution in [3.63, 3.8) is 0 Å². The van der Waals surface area contributed by atoms with Crippen molar-refractivity contribution >= 4 is 17.7 Å². The minimum atomic E-state index is -0.0288. The number of aromatic nitrogens is 3. The van der Waals surface area contributed by atoms with Crippen LogP contribution in [0.1, 0.15) is 12.0 Å². The zero-order valence-corrected chi connectivity index (χ0v) is 12.9.